The smallest absolute Gasteiger partial charge is 0.264 e. The summed E-state index contributed by atoms with van der Waals surface area (Å²) in [6, 6.07) is 10.9. The molecule has 1 aromatic heterocycles. The molecule has 30 heavy (non-hydrogen) atoms. The molecule has 0 bridgehead atoms. The largest absolute Gasteiger partial charge is 0.378 e. The van der Waals surface area contributed by atoms with Crippen molar-refractivity contribution in [2.45, 2.75) is 52.0 Å². The number of aliphatic hydroxyl groups is 1. The van der Waals surface area contributed by atoms with Gasteiger partial charge in [0.15, 0.2) is 5.85 Å². The minimum atomic E-state index is -3.60. The predicted molar refractivity (Wildman–Crippen MR) is 123 cm³/mol. The van der Waals surface area contributed by atoms with Gasteiger partial charge >= 0.3 is 0 Å². The van der Waals surface area contributed by atoms with Crippen LogP contribution in [-0.4, -0.2) is 30.3 Å². The van der Waals surface area contributed by atoms with Gasteiger partial charge in [0.2, 0.25) is 0 Å². The molecule has 1 heterocycles. The van der Waals surface area contributed by atoms with Crippen molar-refractivity contribution in [2.24, 2.45) is 17.8 Å². The van der Waals surface area contributed by atoms with Crippen LogP contribution in [0.3, 0.4) is 0 Å². The monoisotopic (exact) mass is 430 g/mol. The Kier molecular flexibility index (Phi) is 7.38. The molecule has 5 atom stereocenters. The number of aliphatic hydroxyl groups excluding tert-OH is 1. The molecular weight excluding hydrogens is 395 g/mol. The van der Waals surface area contributed by atoms with E-state index in [1.807, 2.05) is 43.3 Å². The van der Waals surface area contributed by atoms with Crippen molar-refractivity contribution in [1.82, 2.24) is 4.98 Å². The zero-order valence-corrected chi connectivity index (χ0v) is 19.6. The van der Waals surface area contributed by atoms with Crippen molar-refractivity contribution in [1.29, 1.82) is 0 Å². The molecule has 1 aromatic carbocycles. The molecule has 5 unspecified atom stereocenters. The highest BCUT2D eigenvalue weighted by atomic mass is 31.2. The highest BCUT2D eigenvalue weighted by molar-refractivity contribution is 7.67. The number of hydrogen-bond acceptors (Lipinski definition) is 5. The van der Waals surface area contributed by atoms with Gasteiger partial charge in [0.25, 0.3) is 7.37 Å². The maximum atomic E-state index is 14.4. The van der Waals surface area contributed by atoms with Gasteiger partial charge in [-0.3, -0.25) is 9.55 Å². The summed E-state index contributed by atoms with van der Waals surface area (Å²) in [5.41, 5.74) is 1.57. The lowest BCUT2D eigenvalue weighted by Crippen LogP contribution is -2.35. The average molecular weight is 431 g/mol. The van der Waals surface area contributed by atoms with Gasteiger partial charge in [0.1, 0.15) is 0 Å². The third-order valence-electron chi connectivity index (χ3n) is 6.31. The topological polar surface area (TPSA) is 62.7 Å². The molecule has 1 aliphatic carbocycles. The van der Waals surface area contributed by atoms with E-state index in [9.17, 15) is 9.67 Å². The highest BCUT2D eigenvalue weighted by Crippen LogP contribution is 2.60. The molecule has 1 aliphatic rings. The van der Waals surface area contributed by atoms with E-state index >= 15 is 0 Å². The number of benzene rings is 1. The van der Waals surface area contributed by atoms with Crippen LogP contribution in [0.25, 0.3) is 0 Å². The fourth-order valence-corrected chi connectivity index (χ4v) is 6.68. The SMILES string of the molecule is CC1CCC(C(C)C)C(OP(=O)(c2ccc(N(C)C)cc2)C(O)c2ccncc2)C1. The van der Waals surface area contributed by atoms with E-state index in [2.05, 4.69) is 25.8 Å². The van der Waals surface area contributed by atoms with Crippen molar-refractivity contribution in [3.8, 4) is 0 Å². The average Bonchev–Trinajstić information content (AvgIpc) is 2.73. The summed E-state index contributed by atoms with van der Waals surface area (Å²) in [6.45, 7) is 6.63. The van der Waals surface area contributed by atoms with Crippen molar-refractivity contribution >= 4 is 18.4 Å². The predicted octanol–water partition coefficient (Wildman–Crippen LogP) is 5.22. The van der Waals surface area contributed by atoms with E-state index < -0.39 is 13.2 Å². The molecular formula is C24H35N2O3P. The summed E-state index contributed by atoms with van der Waals surface area (Å²) in [7, 11) is 0.334. The Morgan fingerprint density at radius 3 is 2.30 bits per heavy atom. The Hall–Kier alpha value is -1.68. The first-order chi connectivity index (χ1) is 14.2. The van der Waals surface area contributed by atoms with Gasteiger partial charge in [-0.2, -0.15) is 0 Å². The van der Waals surface area contributed by atoms with Crippen LogP contribution in [0.1, 0.15) is 51.4 Å². The minimum absolute atomic E-state index is 0.135. The van der Waals surface area contributed by atoms with Gasteiger partial charge in [-0.1, -0.05) is 27.2 Å². The Balaban J connectivity index is 2.01. The second-order valence-corrected chi connectivity index (χ2v) is 11.5. The van der Waals surface area contributed by atoms with Crippen LogP contribution >= 0.6 is 7.37 Å². The second-order valence-electron chi connectivity index (χ2n) is 9.13. The van der Waals surface area contributed by atoms with Crippen molar-refractivity contribution < 1.29 is 14.2 Å². The summed E-state index contributed by atoms with van der Waals surface area (Å²) in [5, 5.41) is 11.8. The number of hydrogen-bond donors (Lipinski definition) is 1. The van der Waals surface area contributed by atoms with E-state index in [4.69, 9.17) is 4.52 Å². The van der Waals surface area contributed by atoms with Gasteiger partial charge in [-0.05, 0) is 72.6 Å². The first-order valence-corrected chi connectivity index (χ1v) is 12.6. The van der Waals surface area contributed by atoms with Crippen LogP contribution in [0, 0.1) is 17.8 Å². The van der Waals surface area contributed by atoms with Crippen LogP contribution in [0.15, 0.2) is 48.8 Å². The Morgan fingerprint density at radius 2 is 1.73 bits per heavy atom. The lowest BCUT2D eigenvalue weighted by molar-refractivity contribution is 0.0427. The third kappa shape index (κ3) is 4.96. The first kappa shape index (κ1) is 23.0. The maximum Gasteiger partial charge on any atom is 0.264 e. The lowest BCUT2D eigenvalue weighted by atomic mass is 9.75. The zero-order valence-electron chi connectivity index (χ0n) is 18.7. The summed E-state index contributed by atoms with van der Waals surface area (Å²) >= 11 is 0. The summed E-state index contributed by atoms with van der Waals surface area (Å²) in [5.74, 6) is 0.0636. The summed E-state index contributed by atoms with van der Waals surface area (Å²) in [4.78, 5) is 6.02. The van der Waals surface area contributed by atoms with E-state index in [1.54, 1.807) is 24.5 Å². The van der Waals surface area contributed by atoms with Crippen LogP contribution in [0.5, 0.6) is 0 Å². The van der Waals surface area contributed by atoms with Gasteiger partial charge < -0.3 is 14.5 Å². The number of rotatable bonds is 7. The molecule has 1 saturated carbocycles. The standard InChI is InChI=1S/C24H35N2O3P/c1-17(2)22-11-6-18(3)16-23(22)29-30(28,24(27)19-12-14-25-15-13-19)21-9-7-20(8-10-21)26(4)5/h7-10,12-15,17-18,22-24,27H,6,11,16H2,1-5H3. The molecule has 3 rings (SSSR count). The summed E-state index contributed by atoms with van der Waals surface area (Å²) < 4.78 is 20.9. The molecule has 0 radical (unpaired) electrons. The second kappa shape index (κ2) is 9.64. The Morgan fingerprint density at radius 1 is 1.10 bits per heavy atom. The Labute approximate surface area is 180 Å². The highest BCUT2D eigenvalue weighted by Gasteiger charge is 2.42. The van der Waals surface area contributed by atoms with Crippen LogP contribution < -0.4 is 10.2 Å². The van der Waals surface area contributed by atoms with Crippen LogP contribution in [-0.2, 0) is 9.09 Å². The maximum absolute atomic E-state index is 14.4. The molecule has 6 heteroatoms. The number of aromatic nitrogens is 1. The molecule has 1 fully saturated rings. The minimum Gasteiger partial charge on any atom is -0.378 e. The van der Waals surface area contributed by atoms with Crippen molar-refractivity contribution in [3.63, 3.8) is 0 Å². The quantitative estimate of drug-likeness (QED) is 0.610. The van der Waals surface area contributed by atoms with Crippen molar-refractivity contribution in [2.75, 3.05) is 19.0 Å². The molecule has 0 spiro atoms. The number of anilines is 1. The fourth-order valence-electron chi connectivity index (χ4n) is 4.39. The van der Waals surface area contributed by atoms with Crippen LogP contribution in [0.2, 0.25) is 0 Å². The van der Waals surface area contributed by atoms with Gasteiger partial charge in [0.05, 0.1) is 6.10 Å². The molecule has 0 amide bonds. The third-order valence-corrected chi connectivity index (χ3v) is 8.85. The van der Waals surface area contributed by atoms with E-state index in [-0.39, 0.29) is 6.10 Å². The van der Waals surface area contributed by atoms with Gasteiger partial charge in [0, 0.05) is 37.5 Å². The Bertz CT molecular complexity index is 855. The molecule has 164 valence electrons. The molecule has 1 N–H and O–H groups in total. The molecule has 0 saturated heterocycles. The number of pyridine rings is 1. The lowest BCUT2D eigenvalue weighted by Gasteiger charge is -2.39. The zero-order chi connectivity index (χ0) is 21.9. The molecule has 2 aromatic rings. The van der Waals surface area contributed by atoms with Gasteiger partial charge in [-0.15, -0.1) is 0 Å². The molecule has 0 aliphatic heterocycles. The van der Waals surface area contributed by atoms with E-state index in [1.165, 1.54) is 0 Å². The molecule has 5 nitrogen and oxygen atoms in total. The van der Waals surface area contributed by atoms with Crippen LogP contribution in [0.4, 0.5) is 5.69 Å². The van der Waals surface area contributed by atoms with E-state index in [0.29, 0.717) is 28.6 Å². The van der Waals surface area contributed by atoms with Crippen molar-refractivity contribution in [3.05, 3.63) is 54.4 Å². The fraction of sp³-hybridized carbons (Fsp3) is 0.542. The number of nitrogens with zero attached hydrogens (tertiary/aromatic N) is 2. The van der Waals surface area contributed by atoms with Gasteiger partial charge in [-0.25, -0.2) is 0 Å². The first-order valence-electron chi connectivity index (χ1n) is 10.9. The summed E-state index contributed by atoms with van der Waals surface area (Å²) in [6.07, 6.45) is 6.18. The van der Waals surface area contributed by atoms with E-state index in [0.717, 1.165) is 24.9 Å². The normalized spacial score (nSPS) is 25.0.